The van der Waals surface area contributed by atoms with Crippen LogP contribution in [-0.4, -0.2) is 9.97 Å². The van der Waals surface area contributed by atoms with Gasteiger partial charge in [-0.05, 0) is 37.7 Å². The van der Waals surface area contributed by atoms with Gasteiger partial charge in [0, 0.05) is 11.4 Å². The highest BCUT2D eigenvalue weighted by Crippen LogP contribution is 2.24. The zero-order chi connectivity index (χ0) is 8.55. The highest BCUT2D eigenvalue weighted by Gasteiger charge is 2.17. The molecule has 0 saturated heterocycles. The Morgan fingerprint density at radius 1 is 1.42 bits per heavy atom. The van der Waals surface area contributed by atoms with Gasteiger partial charge in [-0.25, -0.2) is 9.97 Å². The lowest BCUT2D eigenvalue weighted by Gasteiger charge is -2.21. The largest absolute Gasteiger partial charge is 0.241 e. The van der Waals surface area contributed by atoms with Gasteiger partial charge in [-0.2, -0.15) is 0 Å². The molecule has 0 bridgehead atoms. The Morgan fingerprint density at radius 3 is 3.08 bits per heavy atom. The summed E-state index contributed by atoms with van der Waals surface area (Å²) in [7, 11) is 0. The third-order valence-corrected chi connectivity index (χ3v) is 2.68. The number of fused-ring (bicyclic) bond motifs is 1. The molecule has 1 aromatic heterocycles. The number of aromatic nitrogens is 2. The molecule has 1 aliphatic carbocycles. The molecule has 0 saturated carbocycles. The van der Waals surface area contributed by atoms with E-state index in [4.69, 9.17) is 0 Å². The van der Waals surface area contributed by atoms with Gasteiger partial charge in [0.05, 0.1) is 0 Å². The van der Waals surface area contributed by atoms with Gasteiger partial charge in [-0.1, -0.05) is 6.92 Å². The number of hydrogen-bond acceptors (Lipinski definition) is 2. The summed E-state index contributed by atoms with van der Waals surface area (Å²) in [5.41, 5.74) is 3.85. The number of rotatable bonds is 0. The number of aryl methyl sites for hydroxylation is 2. The zero-order valence-electron chi connectivity index (χ0n) is 7.67. The van der Waals surface area contributed by atoms with E-state index >= 15 is 0 Å². The maximum absolute atomic E-state index is 4.30. The fourth-order valence-corrected chi connectivity index (χ4v) is 1.86. The van der Waals surface area contributed by atoms with E-state index in [-0.39, 0.29) is 0 Å². The monoisotopic (exact) mass is 162 g/mol. The molecular formula is C10H14N2. The van der Waals surface area contributed by atoms with E-state index in [1.807, 2.05) is 0 Å². The lowest BCUT2D eigenvalue weighted by molar-refractivity contribution is 0.489. The second-order valence-corrected chi connectivity index (χ2v) is 3.73. The van der Waals surface area contributed by atoms with Gasteiger partial charge in [0.25, 0.3) is 0 Å². The molecule has 0 aromatic carbocycles. The molecule has 1 heterocycles. The summed E-state index contributed by atoms with van der Waals surface area (Å²) in [6, 6.07) is 0. The van der Waals surface area contributed by atoms with Crippen molar-refractivity contribution in [2.75, 3.05) is 0 Å². The first-order valence-corrected chi connectivity index (χ1v) is 4.56. The van der Waals surface area contributed by atoms with Gasteiger partial charge in [0.1, 0.15) is 6.33 Å². The fraction of sp³-hybridized carbons (Fsp3) is 0.600. The van der Waals surface area contributed by atoms with Gasteiger partial charge in [0.2, 0.25) is 0 Å². The van der Waals surface area contributed by atoms with Gasteiger partial charge < -0.3 is 0 Å². The summed E-state index contributed by atoms with van der Waals surface area (Å²) >= 11 is 0. The van der Waals surface area contributed by atoms with Crippen LogP contribution in [0.4, 0.5) is 0 Å². The molecule has 1 aliphatic rings. The predicted molar refractivity (Wildman–Crippen MR) is 48.0 cm³/mol. The normalized spacial score (nSPS) is 22.0. The van der Waals surface area contributed by atoms with Crippen molar-refractivity contribution >= 4 is 0 Å². The average molecular weight is 162 g/mol. The summed E-state index contributed by atoms with van der Waals surface area (Å²) < 4.78 is 0. The van der Waals surface area contributed by atoms with Crippen LogP contribution in [0.5, 0.6) is 0 Å². The summed E-state index contributed by atoms with van der Waals surface area (Å²) in [5.74, 6) is 0.808. The summed E-state index contributed by atoms with van der Waals surface area (Å²) in [5, 5.41) is 0. The molecule has 0 fully saturated rings. The molecule has 2 rings (SSSR count). The Hall–Kier alpha value is -0.920. The maximum atomic E-state index is 4.30. The van der Waals surface area contributed by atoms with E-state index in [0.717, 1.165) is 12.3 Å². The minimum absolute atomic E-state index is 0.808. The van der Waals surface area contributed by atoms with Crippen molar-refractivity contribution < 1.29 is 0 Å². The average Bonchev–Trinajstić information content (AvgIpc) is 2.07. The smallest absolute Gasteiger partial charge is 0.115 e. The molecule has 12 heavy (non-hydrogen) atoms. The summed E-state index contributed by atoms with van der Waals surface area (Å²) in [6.45, 7) is 4.38. The molecule has 2 nitrogen and oxygen atoms in total. The maximum Gasteiger partial charge on any atom is 0.115 e. The number of nitrogens with zero attached hydrogens (tertiary/aromatic N) is 2. The van der Waals surface area contributed by atoms with Crippen molar-refractivity contribution in [1.29, 1.82) is 0 Å². The molecule has 1 atom stereocenters. The van der Waals surface area contributed by atoms with E-state index in [1.165, 1.54) is 29.8 Å². The molecule has 0 spiro atoms. The third kappa shape index (κ3) is 1.22. The lowest BCUT2D eigenvalue weighted by atomic mass is 9.87. The zero-order valence-corrected chi connectivity index (χ0v) is 7.67. The van der Waals surface area contributed by atoms with Gasteiger partial charge in [0.15, 0.2) is 0 Å². The van der Waals surface area contributed by atoms with Gasteiger partial charge >= 0.3 is 0 Å². The Kier molecular flexibility index (Phi) is 1.83. The second-order valence-electron chi connectivity index (χ2n) is 3.73. The molecule has 0 amide bonds. The van der Waals surface area contributed by atoms with Crippen molar-refractivity contribution in [2.24, 2.45) is 5.92 Å². The number of hydrogen-bond donors (Lipinski definition) is 0. The van der Waals surface area contributed by atoms with Crippen LogP contribution >= 0.6 is 0 Å². The first kappa shape index (κ1) is 7.71. The Morgan fingerprint density at radius 2 is 2.25 bits per heavy atom. The van der Waals surface area contributed by atoms with E-state index < -0.39 is 0 Å². The Bertz CT molecular complexity index is 294. The minimum atomic E-state index is 0.808. The predicted octanol–water partition coefficient (Wildman–Crippen LogP) is 1.91. The molecule has 1 unspecified atom stereocenters. The summed E-state index contributed by atoms with van der Waals surface area (Å²) in [6.07, 6.45) is 5.27. The molecular weight excluding hydrogens is 148 g/mol. The van der Waals surface area contributed by atoms with Crippen LogP contribution in [-0.2, 0) is 12.8 Å². The second kappa shape index (κ2) is 2.85. The molecule has 1 aromatic rings. The fourth-order valence-electron chi connectivity index (χ4n) is 1.86. The van der Waals surface area contributed by atoms with Crippen LogP contribution in [0.1, 0.15) is 30.3 Å². The van der Waals surface area contributed by atoms with E-state index in [0.29, 0.717) is 0 Å². The highest BCUT2D eigenvalue weighted by atomic mass is 14.8. The van der Waals surface area contributed by atoms with Crippen molar-refractivity contribution in [1.82, 2.24) is 9.97 Å². The summed E-state index contributed by atoms with van der Waals surface area (Å²) in [4.78, 5) is 8.52. The van der Waals surface area contributed by atoms with Crippen molar-refractivity contribution in [3.05, 3.63) is 23.3 Å². The van der Waals surface area contributed by atoms with Crippen LogP contribution in [0, 0.1) is 12.8 Å². The molecule has 2 heteroatoms. The van der Waals surface area contributed by atoms with Crippen molar-refractivity contribution in [2.45, 2.75) is 33.1 Å². The van der Waals surface area contributed by atoms with Crippen LogP contribution in [0.2, 0.25) is 0 Å². The molecule has 64 valence electrons. The SMILES string of the molecule is Cc1ncnc2c1CC(C)CC2. The minimum Gasteiger partial charge on any atom is -0.241 e. The topological polar surface area (TPSA) is 25.8 Å². The van der Waals surface area contributed by atoms with E-state index in [1.54, 1.807) is 6.33 Å². The standard InChI is InChI=1S/C10H14N2/c1-7-3-4-10-9(5-7)8(2)11-6-12-10/h6-7H,3-5H2,1-2H3. The van der Waals surface area contributed by atoms with Crippen molar-refractivity contribution in [3.8, 4) is 0 Å². The molecule has 0 radical (unpaired) electrons. The van der Waals surface area contributed by atoms with Gasteiger partial charge in [-0.3, -0.25) is 0 Å². The van der Waals surface area contributed by atoms with Crippen LogP contribution in [0.25, 0.3) is 0 Å². The quantitative estimate of drug-likeness (QED) is 0.582. The Balaban J connectivity index is 2.43. The Labute approximate surface area is 73.1 Å². The first-order valence-electron chi connectivity index (χ1n) is 4.56. The molecule has 0 N–H and O–H groups in total. The van der Waals surface area contributed by atoms with E-state index in [9.17, 15) is 0 Å². The van der Waals surface area contributed by atoms with Crippen LogP contribution in [0.15, 0.2) is 6.33 Å². The van der Waals surface area contributed by atoms with Crippen LogP contribution < -0.4 is 0 Å². The first-order chi connectivity index (χ1) is 5.77. The third-order valence-electron chi connectivity index (χ3n) is 2.68. The van der Waals surface area contributed by atoms with Crippen molar-refractivity contribution in [3.63, 3.8) is 0 Å². The van der Waals surface area contributed by atoms with E-state index in [2.05, 4.69) is 23.8 Å². The molecule has 0 aliphatic heterocycles. The highest BCUT2D eigenvalue weighted by molar-refractivity contribution is 5.26. The van der Waals surface area contributed by atoms with Gasteiger partial charge in [-0.15, -0.1) is 0 Å². The van der Waals surface area contributed by atoms with Crippen LogP contribution in [0.3, 0.4) is 0 Å². The lowest BCUT2D eigenvalue weighted by Crippen LogP contribution is -2.14.